The molecular weight excluding hydrogens is 312 g/mol. The van der Waals surface area contributed by atoms with Crippen LogP contribution in [0.3, 0.4) is 0 Å². The number of aromatic amines is 1. The SMILES string of the molecule is O=C(Nc1c[nH]c2ncccc12)NC1CCCC(c2ccccc2)C1. The minimum atomic E-state index is -0.150. The number of pyridine rings is 1. The van der Waals surface area contributed by atoms with Crippen molar-refractivity contribution in [1.82, 2.24) is 15.3 Å². The van der Waals surface area contributed by atoms with Gasteiger partial charge in [-0.05, 0) is 42.9 Å². The number of rotatable bonds is 3. The normalized spacial score (nSPS) is 20.3. The molecule has 0 saturated heterocycles. The number of nitrogens with one attached hydrogen (secondary N) is 3. The average Bonchev–Trinajstić information content (AvgIpc) is 3.06. The van der Waals surface area contributed by atoms with Gasteiger partial charge in [0.1, 0.15) is 5.65 Å². The zero-order valence-electron chi connectivity index (χ0n) is 14.0. The molecule has 1 fully saturated rings. The van der Waals surface area contributed by atoms with Crippen molar-refractivity contribution in [1.29, 1.82) is 0 Å². The van der Waals surface area contributed by atoms with Crippen LogP contribution in [0.25, 0.3) is 11.0 Å². The Labute approximate surface area is 146 Å². The molecule has 0 radical (unpaired) electrons. The highest BCUT2D eigenvalue weighted by atomic mass is 16.2. The van der Waals surface area contributed by atoms with E-state index in [1.54, 1.807) is 12.4 Å². The van der Waals surface area contributed by atoms with Crippen LogP contribution < -0.4 is 10.6 Å². The number of nitrogens with zero attached hydrogens (tertiary/aromatic N) is 1. The van der Waals surface area contributed by atoms with Crippen LogP contribution in [-0.2, 0) is 0 Å². The summed E-state index contributed by atoms with van der Waals surface area (Å²) in [4.78, 5) is 19.7. The maximum absolute atomic E-state index is 12.4. The molecule has 1 saturated carbocycles. The van der Waals surface area contributed by atoms with Crippen molar-refractivity contribution in [3.8, 4) is 0 Å². The van der Waals surface area contributed by atoms with Gasteiger partial charge in [-0.3, -0.25) is 0 Å². The van der Waals surface area contributed by atoms with Gasteiger partial charge in [-0.25, -0.2) is 9.78 Å². The molecule has 3 N–H and O–H groups in total. The van der Waals surface area contributed by atoms with Gasteiger partial charge in [0.2, 0.25) is 0 Å². The predicted molar refractivity (Wildman–Crippen MR) is 99.7 cm³/mol. The van der Waals surface area contributed by atoms with E-state index in [1.807, 2.05) is 18.2 Å². The second-order valence-electron chi connectivity index (χ2n) is 6.67. The third-order valence-electron chi connectivity index (χ3n) is 4.98. The molecule has 2 amide bonds. The van der Waals surface area contributed by atoms with E-state index in [0.717, 1.165) is 36.0 Å². The Kier molecular flexibility index (Phi) is 4.37. The van der Waals surface area contributed by atoms with Gasteiger partial charge < -0.3 is 15.6 Å². The molecule has 1 aliphatic carbocycles. The average molecular weight is 334 g/mol. The summed E-state index contributed by atoms with van der Waals surface area (Å²) in [6.07, 6.45) is 7.87. The van der Waals surface area contributed by atoms with Crippen molar-refractivity contribution in [2.75, 3.05) is 5.32 Å². The summed E-state index contributed by atoms with van der Waals surface area (Å²) >= 11 is 0. The molecule has 0 bridgehead atoms. The predicted octanol–water partition coefficient (Wildman–Crippen LogP) is 4.41. The minimum absolute atomic E-state index is 0.150. The van der Waals surface area contributed by atoms with E-state index in [4.69, 9.17) is 0 Å². The number of carbonyl (C=O) groups excluding carboxylic acids is 1. The van der Waals surface area contributed by atoms with E-state index in [0.29, 0.717) is 5.92 Å². The fraction of sp³-hybridized carbons (Fsp3) is 0.300. The molecule has 0 aliphatic heterocycles. The molecule has 2 aromatic heterocycles. The van der Waals surface area contributed by atoms with Crippen molar-refractivity contribution < 1.29 is 4.79 Å². The Bertz CT molecular complexity index is 858. The Morgan fingerprint density at radius 3 is 2.88 bits per heavy atom. The molecule has 2 atom stereocenters. The highest BCUT2D eigenvalue weighted by Crippen LogP contribution is 2.32. The van der Waals surface area contributed by atoms with E-state index >= 15 is 0 Å². The lowest BCUT2D eigenvalue weighted by molar-refractivity contribution is 0.242. The third kappa shape index (κ3) is 3.50. The van der Waals surface area contributed by atoms with E-state index in [9.17, 15) is 4.79 Å². The van der Waals surface area contributed by atoms with Gasteiger partial charge in [0.15, 0.2) is 0 Å². The first-order valence-corrected chi connectivity index (χ1v) is 8.84. The van der Waals surface area contributed by atoms with Gasteiger partial charge in [-0.1, -0.05) is 36.8 Å². The summed E-state index contributed by atoms with van der Waals surface area (Å²) in [6.45, 7) is 0. The van der Waals surface area contributed by atoms with E-state index < -0.39 is 0 Å². The molecule has 0 spiro atoms. The number of fused-ring (bicyclic) bond motifs is 1. The first kappa shape index (κ1) is 15.7. The first-order chi connectivity index (χ1) is 12.3. The Balaban J connectivity index is 1.39. The standard InChI is InChI=1S/C20H22N4O/c25-20(24-18-13-22-19-17(18)10-5-11-21-19)23-16-9-4-8-15(12-16)14-6-2-1-3-7-14/h1-3,5-7,10-11,13,15-16H,4,8-9,12H2,(H,21,22)(H2,23,24,25). The fourth-order valence-electron chi connectivity index (χ4n) is 3.75. The monoisotopic (exact) mass is 334 g/mol. The lowest BCUT2D eigenvalue weighted by atomic mass is 9.81. The molecule has 5 heteroatoms. The molecule has 1 aliphatic rings. The van der Waals surface area contributed by atoms with Crippen LogP contribution in [0.5, 0.6) is 0 Å². The third-order valence-corrected chi connectivity index (χ3v) is 4.98. The summed E-state index contributed by atoms with van der Waals surface area (Å²) in [7, 11) is 0. The number of H-pyrrole nitrogens is 1. The van der Waals surface area contributed by atoms with Crippen LogP contribution in [0.15, 0.2) is 54.9 Å². The highest BCUT2D eigenvalue weighted by molar-refractivity contribution is 5.99. The van der Waals surface area contributed by atoms with Crippen LogP contribution in [0.4, 0.5) is 10.5 Å². The van der Waals surface area contributed by atoms with Crippen molar-refractivity contribution in [2.24, 2.45) is 0 Å². The Morgan fingerprint density at radius 2 is 2.00 bits per heavy atom. The Hall–Kier alpha value is -2.82. The van der Waals surface area contributed by atoms with Crippen LogP contribution in [0.2, 0.25) is 0 Å². The number of aromatic nitrogens is 2. The maximum Gasteiger partial charge on any atom is 0.319 e. The number of amides is 2. The lowest BCUT2D eigenvalue weighted by Gasteiger charge is -2.30. The number of anilines is 1. The molecule has 4 rings (SSSR count). The lowest BCUT2D eigenvalue weighted by Crippen LogP contribution is -2.40. The second kappa shape index (κ2) is 6.97. The van der Waals surface area contributed by atoms with E-state index in [2.05, 4.69) is 44.9 Å². The van der Waals surface area contributed by atoms with Gasteiger partial charge in [-0.15, -0.1) is 0 Å². The van der Waals surface area contributed by atoms with Crippen molar-refractivity contribution in [3.05, 3.63) is 60.4 Å². The second-order valence-corrected chi connectivity index (χ2v) is 6.67. The summed E-state index contributed by atoms with van der Waals surface area (Å²) in [5, 5.41) is 7.00. The highest BCUT2D eigenvalue weighted by Gasteiger charge is 2.24. The van der Waals surface area contributed by atoms with Gasteiger partial charge in [0.05, 0.1) is 5.69 Å². The zero-order valence-corrected chi connectivity index (χ0v) is 14.0. The molecule has 2 unspecified atom stereocenters. The summed E-state index contributed by atoms with van der Waals surface area (Å²) in [5.41, 5.74) is 2.91. The zero-order chi connectivity index (χ0) is 17.1. The van der Waals surface area contributed by atoms with Crippen LogP contribution in [-0.4, -0.2) is 22.0 Å². The van der Waals surface area contributed by atoms with Crippen molar-refractivity contribution >= 4 is 22.8 Å². The molecule has 5 nitrogen and oxygen atoms in total. The number of hydrogen-bond acceptors (Lipinski definition) is 2. The quantitative estimate of drug-likeness (QED) is 0.664. The van der Waals surface area contributed by atoms with Crippen LogP contribution in [0, 0.1) is 0 Å². The van der Waals surface area contributed by atoms with Crippen LogP contribution in [0.1, 0.15) is 37.2 Å². The van der Waals surface area contributed by atoms with Gasteiger partial charge in [0.25, 0.3) is 0 Å². The van der Waals surface area contributed by atoms with Gasteiger partial charge >= 0.3 is 6.03 Å². The fourth-order valence-corrected chi connectivity index (χ4v) is 3.75. The van der Waals surface area contributed by atoms with Crippen molar-refractivity contribution in [2.45, 2.75) is 37.6 Å². The summed E-state index contributed by atoms with van der Waals surface area (Å²) < 4.78 is 0. The smallest absolute Gasteiger partial charge is 0.319 e. The largest absolute Gasteiger partial charge is 0.344 e. The number of benzene rings is 1. The first-order valence-electron chi connectivity index (χ1n) is 8.84. The van der Waals surface area contributed by atoms with Crippen molar-refractivity contribution in [3.63, 3.8) is 0 Å². The number of carbonyl (C=O) groups is 1. The molecule has 128 valence electrons. The number of urea groups is 1. The molecular formula is C20H22N4O. The van der Waals surface area contributed by atoms with Gasteiger partial charge in [-0.2, -0.15) is 0 Å². The van der Waals surface area contributed by atoms with Gasteiger partial charge in [0, 0.05) is 23.8 Å². The van der Waals surface area contributed by atoms with E-state index in [-0.39, 0.29) is 12.1 Å². The molecule has 25 heavy (non-hydrogen) atoms. The maximum atomic E-state index is 12.4. The molecule has 3 aromatic rings. The Morgan fingerprint density at radius 1 is 1.12 bits per heavy atom. The molecule has 2 heterocycles. The topological polar surface area (TPSA) is 69.8 Å². The summed E-state index contributed by atoms with van der Waals surface area (Å²) in [6, 6.07) is 14.5. The number of hydrogen-bond donors (Lipinski definition) is 3. The van der Waals surface area contributed by atoms with Crippen LogP contribution >= 0.6 is 0 Å². The minimum Gasteiger partial charge on any atom is -0.344 e. The summed E-state index contributed by atoms with van der Waals surface area (Å²) in [5.74, 6) is 0.525. The van der Waals surface area contributed by atoms with E-state index in [1.165, 1.54) is 12.0 Å². The molecule has 1 aromatic carbocycles.